The fraction of sp³-hybridized carbons (Fsp3) is 0.105. The lowest BCUT2D eigenvalue weighted by Gasteiger charge is -2.06. The van der Waals surface area contributed by atoms with Gasteiger partial charge in [-0.1, -0.05) is 24.3 Å². The number of pyridine rings is 2. The molecule has 6 heteroatoms. The molecule has 0 radical (unpaired) electrons. The van der Waals surface area contributed by atoms with E-state index in [9.17, 15) is 9.59 Å². The summed E-state index contributed by atoms with van der Waals surface area (Å²) in [4.78, 5) is 31.4. The van der Waals surface area contributed by atoms with Crippen LogP contribution in [0.1, 0.15) is 21.6 Å². The molecular weight excluding hydrogens is 318 g/mol. The van der Waals surface area contributed by atoms with Gasteiger partial charge in [0.1, 0.15) is 12.3 Å². The molecule has 3 aromatic heterocycles. The van der Waals surface area contributed by atoms with E-state index in [0.29, 0.717) is 16.6 Å². The van der Waals surface area contributed by atoms with Crippen molar-refractivity contribution in [1.29, 1.82) is 0 Å². The molecule has 0 amide bonds. The van der Waals surface area contributed by atoms with E-state index in [1.165, 1.54) is 6.07 Å². The maximum Gasteiger partial charge on any atom is 0.339 e. The van der Waals surface area contributed by atoms with Gasteiger partial charge < -0.3 is 14.1 Å². The minimum absolute atomic E-state index is 0.0427. The van der Waals surface area contributed by atoms with Crippen molar-refractivity contribution in [3.05, 3.63) is 82.0 Å². The van der Waals surface area contributed by atoms with Gasteiger partial charge in [-0.15, -0.1) is 0 Å². The summed E-state index contributed by atoms with van der Waals surface area (Å²) in [7, 11) is 0. The summed E-state index contributed by atoms with van der Waals surface area (Å²) in [5.74, 6) is -0.545. The number of para-hydroxylation sites is 1. The van der Waals surface area contributed by atoms with Crippen molar-refractivity contribution in [3.8, 4) is 0 Å². The highest BCUT2D eigenvalue weighted by molar-refractivity contribution is 6.03. The second kappa shape index (κ2) is 5.90. The third-order valence-electron chi connectivity index (χ3n) is 4.05. The Hall–Kier alpha value is -3.41. The Morgan fingerprint density at radius 1 is 1.24 bits per heavy atom. The lowest BCUT2D eigenvalue weighted by Crippen LogP contribution is -2.13. The number of H-pyrrole nitrogens is 1. The van der Waals surface area contributed by atoms with E-state index in [-0.39, 0.29) is 17.7 Å². The Morgan fingerprint density at radius 3 is 2.92 bits per heavy atom. The molecule has 0 bridgehead atoms. The number of nitrogens with zero attached hydrogens (tertiary/aromatic N) is 2. The number of aromatic amines is 1. The number of nitrogens with one attached hydrogen (secondary N) is 1. The normalized spacial score (nSPS) is 11.1. The fourth-order valence-electron chi connectivity index (χ4n) is 2.86. The molecule has 0 unspecified atom stereocenters. The lowest BCUT2D eigenvalue weighted by atomic mass is 10.1. The van der Waals surface area contributed by atoms with Crippen molar-refractivity contribution in [3.63, 3.8) is 0 Å². The van der Waals surface area contributed by atoms with Crippen LogP contribution in [0.5, 0.6) is 0 Å². The zero-order valence-electron chi connectivity index (χ0n) is 13.5. The molecule has 0 saturated carbocycles. The predicted molar refractivity (Wildman–Crippen MR) is 93.6 cm³/mol. The molecule has 1 aromatic carbocycles. The molecule has 124 valence electrons. The molecule has 25 heavy (non-hydrogen) atoms. The van der Waals surface area contributed by atoms with E-state index in [0.717, 1.165) is 11.2 Å². The first kappa shape index (κ1) is 15.1. The number of hydrogen-bond acceptors (Lipinski definition) is 4. The molecule has 4 aromatic rings. The lowest BCUT2D eigenvalue weighted by molar-refractivity contribution is 0.0470. The van der Waals surface area contributed by atoms with Gasteiger partial charge in [0.05, 0.1) is 11.3 Å². The number of aryl methyl sites for hydroxylation is 1. The van der Waals surface area contributed by atoms with Crippen LogP contribution in [0.3, 0.4) is 0 Å². The van der Waals surface area contributed by atoms with Gasteiger partial charge in [0.25, 0.3) is 0 Å². The van der Waals surface area contributed by atoms with Crippen LogP contribution in [0.25, 0.3) is 16.6 Å². The summed E-state index contributed by atoms with van der Waals surface area (Å²) in [5, 5.41) is 0.651. The van der Waals surface area contributed by atoms with Gasteiger partial charge in [-0.05, 0) is 24.6 Å². The van der Waals surface area contributed by atoms with E-state index in [1.807, 2.05) is 41.9 Å². The largest absolute Gasteiger partial charge is 0.455 e. The smallest absolute Gasteiger partial charge is 0.339 e. The number of fused-ring (bicyclic) bond motifs is 2. The highest BCUT2D eigenvalue weighted by Gasteiger charge is 2.14. The van der Waals surface area contributed by atoms with Gasteiger partial charge in [0.15, 0.2) is 0 Å². The average Bonchev–Trinajstić information content (AvgIpc) is 3.03. The van der Waals surface area contributed by atoms with Crippen molar-refractivity contribution in [2.45, 2.75) is 13.5 Å². The Balaban J connectivity index is 1.62. The van der Waals surface area contributed by atoms with Gasteiger partial charge in [0.2, 0.25) is 5.56 Å². The topological polar surface area (TPSA) is 76.5 Å². The standard InChI is InChI=1S/C19H15N3O3/c1-12-5-4-8-22-10-13(20-18(12)22)11-25-19(24)15-9-17(23)21-16-7-3-2-6-14(15)16/h2-10H,11H2,1H3,(H,21,23). The quantitative estimate of drug-likeness (QED) is 0.585. The van der Waals surface area contributed by atoms with Crippen LogP contribution >= 0.6 is 0 Å². The molecule has 0 atom stereocenters. The van der Waals surface area contributed by atoms with Crippen LogP contribution in [0.4, 0.5) is 0 Å². The van der Waals surface area contributed by atoms with Gasteiger partial charge in [-0.25, -0.2) is 9.78 Å². The molecule has 0 spiro atoms. The minimum atomic E-state index is -0.545. The zero-order chi connectivity index (χ0) is 17.4. The molecule has 0 saturated heterocycles. The van der Waals surface area contributed by atoms with Crippen LogP contribution in [0, 0.1) is 6.92 Å². The number of hydrogen-bond donors (Lipinski definition) is 1. The molecule has 0 aliphatic heterocycles. The number of aromatic nitrogens is 3. The molecule has 4 rings (SSSR count). The highest BCUT2D eigenvalue weighted by Crippen LogP contribution is 2.16. The second-order valence-electron chi connectivity index (χ2n) is 5.82. The molecule has 1 N–H and O–H groups in total. The number of ether oxygens (including phenoxy) is 1. The Bertz CT molecular complexity index is 1160. The maximum atomic E-state index is 12.5. The van der Waals surface area contributed by atoms with Crippen LogP contribution in [0.15, 0.2) is 59.7 Å². The first-order chi connectivity index (χ1) is 12.1. The van der Waals surface area contributed by atoms with Gasteiger partial charge in [-0.3, -0.25) is 4.79 Å². The Kier molecular flexibility index (Phi) is 3.57. The van der Waals surface area contributed by atoms with Crippen molar-refractivity contribution < 1.29 is 9.53 Å². The van der Waals surface area contributed by atoms with Crippen LogP contribution in [-0.4, -0.2) is 20.3 Å². The summed E-state index contributed by atoms with van der Waals surface area (Å²) < 4.78 is 7.27. The van der Waals surface area contributed by atoms with Crippen LogP contribution < -0.4 is 5.56 Å². The molecule has 0 fully saturated rings. The van der Waals surface area contributed by atoms with Crippen molar-refractivity contribution in [1.82, 2.24) is 14.4 Å². The summed E-state index contributed by atoms with van der Waals surface area (Å²) in [6.45, 7) is 2.02. The number of carbonyl (C=O) groups is 1. The van der Waals surface area contributed by atoms with E-state index in [2.05, 4.69) is 9.97 Å². The minimum Gasteiger partial charge on any atom is -0.455 e. The monoisotopic (exact) mass is 333 g/mol. The first-order valence-corrected chi connectivity index (χ1v) is 7.84. The van der Waals surface area contributed by atoms with Gasteiger partial charge in [-0.2, -0.15) is 0 Å². The third kappa shape index (κ3) is 2.78. The summed E-state index contributed by atoms with van der Waals surface area (Å²) in [5.41, 5.74) is 3.03. The first-order valence-electron chi connectivity index (χ1n) is 7.84. The van der Waals surface area contributed by atoms with Crippen LogP contribution in [0.2, 0.25) is 0 Å². The molecular formula is C19H15N3O3. The predicted octanol–water partition coefficient (Wildman–Crippen LogP) is 2.84. The maximum absolute atomic E-state index is 12.5. The molecule has 6 nitrogen and oxygen atoms in total. The zero-order valence-corrected chi connectivity index (χ0v) is 13.5. The number of benzene rings is 1. The van der Waals surface area contributed by atoms with Crippen molar-refractivity contribution in [2.24, 2.45) is 0 Å². The SMILES string of the molecule is Cc1cccn2cc(COC(=O)c3cc(=O)[nH]c4ccccc34)nc12. The molecule has 3 heterocycles. The van der Waals surface area contributed by atoms with E-state index in [4.69, 9.17) is 4.74 Å². The van der Waals surface area contributed by atoms with Gasteiger partial charge >= 0.3 is 5.97 Å². The summed E-state index contributed by atoms with van der Waals surface area (Å²) in [6.07, 6.45) is 3.72. The molecule has 0 aliphatic rings. The van der Waals surface area contributed by atoms with E-state index in [1.54, 1.807) is 18.2 Å². The van der Waals surface area contributed by atoms with E-state index >= 15 is 0 Å². The highest BCUT2D eigenvalue weighted by atomic mass is 16.5. The van der Waals surface area contributed by atoms with Crippen molar-refractivity contribution >= 4 is 22.5 Å². The number of rotatable bonds is 3. The van der Waals surface area contributed by atoms with Gasteiger partial charge in [0, 0.05) is 29.4 Å². The number of imidazole rings is 1. The number of esters is 1. The fourth-order valence-corrected chi connectivity index (χ4v) is 2.86. The number of carbonyl (C=O) groups excluding carboxylic acids is 1. The molecule has 0 aliphatic carbocycles. The Labute approximate surface area is 142 Å². The average molecular weight is 333 g/mol. The van der Waals surface area contributed by atoms with Crippen LogP contribution in [-0.2, 0) is 11.3 Å². The third-order valence-corrected chi connectivity index (χ3v) is 4.05. The summed E-state index contributed by atoms with van der Waals surface area (Å²) >= 11 is 0. The summed E-state index contributed by atoms with van der Waals surface area (Å²) in [6, 6.07) is 12.3. The van der Waals surface area contributed by atoms with Crippen molar-refractivity contribution in [2.75, 3.05) is 0 Å². The second-order valence-corrected chi connectivity index (χ2v) is 5.82. The Morgan fingerprint density at radius 2 is 2.08 bits per heavy atom. The van der Waals surface area contributed by atoms with E-state index < -0.39 is 5.97 Å².